The maximum Gasteiger partial charge on any atom is 0.317 e. The van der Waals surface area contributed by atoms with E-state index in [4.69, 9.17) is 9.15 Å². The van der Waals surface area contributed by atoms with Crippen molar-refractivity contribution in [3.63, 3.8) is 0 Å². The molecule has 0 unspecified atom stereocenters. The Morgan fingerprint density at radius 1 is 1.50 bits per heavy atom. The van der Waals surface area contributed by atoms with Crippen LogP contribution >= 0.6 is 0 Å². The lowest BCUT2D eigenvalue weighted by atomic mass is 9.98. The zero-order valence-corrected chi connectivity index (χ0v) is 14.6. The van der Waals surface area contributed by atoms with E-state index < -0.39 is 0 Å². The summed E-state index contributed by atoms with van der Waals surface area (Å²) in [6, 6.07) is 5.33. The second-order valence-electron chi connectivity index (χ2n) is 6.36. The van der Waals surface area contributed by atoms with Crippen LogP contribution in [0.2, 0.25) is 0 Å². The van der Waals surface area contributed by atoms with Gasteiger partial charge in [-0.25, -0.2) is 14.8 Å². The van der Waals surface area contributed by atoms with Crippen molar-refractivity contribution < 1.29 is 13.9 Å². The number of aromatic amines is 1. The largest absolute Gasteiger partial charge is 0.497 e. The van der Waals surface area contributed by atoms with E-state index in [1.165, 1.54) is 0 Å². The molecule has 0 aliphatic carbocycles. The van der Waals surface area contributed by atoms with Gasteiger partial charge in [0.05, 0.1) is 13.7 Å². The minimum absolute atomic E-state index is 0.110. The second-order valence-corrected chi connectivity index (χ2v) is 6.36. The van der Waals surface area contributed by atoms with Crippen LogP contribution in [0, 0.1) is 0 Å². The summed E-state index contributed by atoms with van der Waals surface area (Å²) >= 11 is 0. The number of ether oxygens (including phenoxy) is 1. The van der Waals surface area contributed by atoms with Crippen molar-refractivity contribution in [2.24, 2.45) is 0 Å². The van der Waals surface area contributed by atoms with Crippen molar-refractivity contribution in [2.45, 2.75) is 25.3 Å². The number of hydrogen-bond acceptors (Lipinski definition) is 5. The Morgan fingerprint density at radius 3 is 3.23 bits per heavy atom. The number of rotatable bonds is 4. The number of imidazole rings is 1. The summed E-state index contributed by atoms with van der Waals surface area (Å²) in [6.07, 6.45) is 5.55. The van der Waals surface area contributed by atoms with Gasteiger partial charge >= 0.3 is 6.03 Å². The smallest absolute Gasteiger partial charge is 0.317 e. The molecule has 0 spiro atoms. The molecule has 1 atom stereocenters. The molecule has 4 rings (SSSR count). The van der Waals surface area contributed by atoms with E-state index in [0.717, 1.165) is 31.0 Å². The summed E-state index contributed by atoms with van der Waals surface area (Å²) in [5, 5.41) is 2.89. The zero-order valence-electron chi connectivity index (χ0n) is 14.6. The van der Waals surface area contributed by atoms with Crippen LogP contribution in [-0.4, -0.2) is 46.1 Å². The number of nitrogens with one attached hydrogen (secondary N) is 2. The topological polar surface area (TPSA) is 96.3 Å². The predicted molar refractivity (Wildman–Crippen MR) is 94.9 cm³/mol. The fourth-order valence-corrected chi connectivity index (χ4v) is 3.31. The molecule has 0 bridgehead atoms. The first-order chi connectivity index (χ1) is 12.7. The van der Waals surface area contributed by atoms with Crippen LogP contribution in [0.25, 0.3) is 11.1 Å². The summed E-state index contributed by atoms with van der Waals surface area (Å²) in [6.45, 7) is 1.65. The molecule has 1 aliphatic heterocycles. The van der Waals surface area contributed by atoms with Gasteiger partial charge in [-0.3, -0.25) is 0 Å². The fraction of sp³-hybridized carbons (Fsp3) is 0.389. The number of H-pyrrole nitrogens is 1. The molecule has 0 radical (unpaired) electrons. The monoisotopic (exact) mass is 355 g/mol. The minimum Gasteiger partial charge on any atom is -0.497 e. The summed E-state index contributed by atoms with van der Waals surface area (Å²) in [5.74, 6) is 2.39. The first kappa shape index (κ1) is 16.4. The predicted octanol–water partition coefficient (Wildman–Crippen LogP) is 2.65. The molecule has 136 valence electrons. The van der Waals surface area contributed by atoms with Crippen molar-refractivity contribution in [3.8, 4) is 5.75 Å². The molecule has 1 aromatic carbocycles. The Bertz CT molecular complexity index is 890. The van der Waals surface area contributed by atoms with Crippen molar-refractivity contribution in [1.29, 1.82) is 0 Å². The summed E-state index contributed by atoms with van der Waals surface area (Å²) in [5.41, 5.74) is 1.38. The second kappa shape index (κ2) is 7.07. The fourth-order valence-electron chi connectivity index (χ4n) is 3.31. The van der Waals surface area contributed by atoms with Gasteiger partial charge in [-0.2, -0.15) is 0 Å². The molecule has 1 saturated heterocycles. The molecule has 1 aliphatic rings. The van der Waals surface area contributed by atoms with Gasteiger partial charge in [0, 0.05) is 37.5 Å². The number of amides is 2. The first-order valence-corrected chi connectivity index (χ1v) is 8.68. The number of methoxy groups -OCH3 is 1. The van der Waals surface area contributed by atoms with Crippen LogP contribution in [0.1, 0.15) is 30.5 Å². The lowest BCUT2D eigenvalue weighted by Gasteiger charge is -2.31. The average Bonchev–Trinajstić information content (AvgIpc) is 3.35. The van der Waals surface area contributed by atoms with Gasteiger partial charge in [0.2, 0.25) is 5.89 Å². The molecule has 2 aromatic heterocycles. The van der Waals surface area contributed by atoms with Gasteiger partial charge in [0.15, 0.2) is 5.58 Å². The summed E-state index contributed by atoms with van der Waals surface area (Å²) < 4.78 is 10.9. The molecule has 26 heavy (non-hydrogen) atoms. The van der Waals surface area contributed by atoms with Gasteiger partial charge in [0.25, 0.3) is 0 Å². The molecule has 0 saturated carbocycles. The van der Waals surface area contributed by atoms with Gasteiger partial charge < -0.3 is 24.4 Å². The lowest BCUT2D eigenvalue weighted by molar-refractivity contribution is 0.177. The number of likely N-dealkylation sites (tertiary alicyclic amines) is 1. The SMILES string of the molecule is COc1ccc2oc(CNC(=O)N3CCC[C@H](c4ncc[nH]4)C3)nc2c1. The standard InChI is InChI=1S/C18H21N5O3/c1-25-13-4-5-15-14(9-13)22-16(26-15)10-21-18(24)23-8-2-3-12(11-23)17-19-6-7-20-17/h4-7,9,12H,2-3,8,10-11H2,1H3,(H,19,20)(H,21,24)/t12-/m0/s1. The molecule has 3 heterocycles. The molecule has 2 N–H and O–H groups in total. The Kier molecular flexibility index (Phi) is 4.47. The van der Waals surface area contributed by atoms with Crippen molar-refractivity contribution in [2.75, 3.05) is 20.2 Å². The van der Waals surface area contributed by atoms with Gasteiger partial charge in [-0.15, -0.1) is 0 Å². The zero-order chi connectivity index (χ0) is 17.9. The number of benzene rings is 1. The molecule has 1 fully saturated rings. The van der Waals surface area contributed by atoms with E-state index in [1.54, 1.807) is 13.3 Å². The van der Waals surface area contributed by atoms with Crippen LogP contribution in [0.4, 0.5) is 4.79 Å². The van der Waals surface area contributed by atoms with E-state index in [2.05, 4.69) is 20.3 Å². The summed E-state index contributed by atoms with van der Waals surface area (Å²) in [4.78, 5) is 26.2. The van der Waals surface area contributed by atoms with Crippen LogP contribution < -0.4 is 10.1 Å². The van der Waals surface area contributed by atoms with Crippen LogP contribution in [0.15, 0.2) is 35.0 Å². The maximum atomic E-state index is 12.5. The Labute approximate surface area is 150 Å². The number of oxazole rings is 1. The number of hydrogen-bond donors (Lipinski definition) is 2. The van der Waals surface area contributed by atoms with Gasteiger partial charge in [-0.05, 0) is 25.0 Å². The average molecular weight is 355 g/mol. The van der Waals surface area contributed by atoms with E-state index in [1.807, 2.05) is 29.3 Å². The highest BCUT2D eigenvalue weighted by Gasteiger charge is 2.26. The highest BCUT2D eigenvalue weighted by Crippen LogP contribution is 2.24. The number of carbonyl (C=O) groups excluding carboxylic acids is 1. The Hall–Kier alpha value is -3.03. The minimum atomic E-state index is -0.110. The number of carbonyl (C=O) groups is 1. The first-order valence-electron chi connectivity index (χ1n) is 8.68. The normalized spacial score (nSPS) is 17.4. The van der Waals surface area contributed by atoms with Crippen molar-refractivity contribution in [3.05, 3.63) is 42.3 Å². The van der Waals surface area contributed by atoms with E-state index in [-0.39, 0.29) is 18.5 Å². The summed E-state index contributed by atoms with van der Waals surface area (Å²) in [7, 11) is 1.61. The molecular weight excluding hydrogens is 334 g/mol. The maximum absolute atomic E-state index is 12.5. The highest BCUT2D eigenvalue weighted by molar-refractivity contribution is 5.75. The quantitative estimate of drug-likeness (QED) is 0.750. The van der Waals surface area contributed by atoms with Crippen LogP contribution in [0.3, 0.4) is 0 Å². The Balaban J connectivity index is 1.37. The molecular formula is C18H21N5O3. The molecule has 8 nitrogen and oxygen atoms in total. The number of piperidine rings is 1. The number of fused-ring (bicyclic) bond motifs is 1. The number of nitrogens with zero attached hydrogens (tertiary/aromatic N) is 3. The third-order valence-electron chi connectivity index (χ3n) is 4.64. The van der Waals surface area contributed by atoms with Crippen molar-refractivity contribution >= 4 is 17.1 Å². The number of aromatic nitrogens is 3. The highest BCUT2D eigenvalue weighted by atomic mass is 16.5. The number of urea groups is 1. The molecule has 2 amide bonds. The van der Waals surface area contributed by atoms with Gasteiger partial charge in [-0.1, -0.05) is 0 Å². The van der Waals surface area contributed by atoms with E-state index >= 15 is 0 Å². The van der Waals surface area contributed by atoms with E-state index in [0.29, 0.717) is 23.5 Å². The molecule has 3 aromatic rings. The third kappa shape index (κ3) is 3.35. The van der Waals surface area contributed by atoms with Crippen molar-refractivity contribution in [1.82, 2.24) is 25.2 Å². The van der Waals surface area contributed by atoms with Crippen LogP contribution in [-0.2, 0) is 6.54 Å². The Morgan fingerprint density at radius 2 is 2.42 bits per heavy atom. The molecule has 8 heteroatoms. The van der Waals surface area contributed by atoms with E-state index in [9.17, 15) is 4.79 Å². The van der Waals surface area contributed by atoms with Crippen LogP contribution in [0.5, 0.6) is 5.75 Å². The lowest BCUT2D eigenvalue weighted by Crippen LogP contribution is -2.44. The third-order valence-corrected chi connectivity index (χ3v) is 4.64. The van der Waals surface area contributed by atoms with Gasteiger partial charge in [0.1, 0.15) is 17.1 Å².